The zero-order chi connectivity index (χ0) is 34.1. The molecule has 1 heterocycles. The Labute approximate surface area is 291 Å². The molecule has 2 nitrogen and oxygen atoms in total. The van der Waals surface area contributed by atoms with E-state index in [0.29, 0.717) is 5.39 Å². The Balaban J connectivity index is 1.33. The van der Waals surface area contributed by atoms with Crippen molar-refractivity contribution < 1.29 is 0 Å². The highest BCUT2D eigenvalue weighted by Gasteiger charge is 2.35. The number of rotatable bonds is 5. The van der Waals surface area contributed by atoms with Gasteiger partial charge in [-0.2, -0.15) is 0 Å². The molecule has 0 aliphatic heterocycles. The molecule has 1 aliphatic carbocycles. The van der Waals surface area contributed by atoms with Crippen molar-refractivity contribution in [3.05, 3.63) is 185 Å². The Morgan fingerprint density at radius 2 is 1.06 bits per heavy atom. The van der Waals surface area contributed by atoms with Crippen LogP contribution >= 0.6 is 0 Å². The summed E-state index contributed by atoms with van der Waals surface area (Å²) in [6.07, 6.45) is 3.96. The van der Waals surface area contributed by atoms with Crippen molar-refractivity contribution in [1.82, 2.24) is 4.57 Å². The fourth-order valence-electron chi connectivity index (χ4n) is 8.45. The van der Waals surface area contributed by atoms with Gasteiger partial charge in [-0.1, -0.05) is 142 Å². The lowest BCUT2D eigenvalue weighted by atomic mass is 9.79. The minimum Gasteiger partial charge on any atom is -0.276 e. The molecule has 0 amide bonds. The molecule has 1 aliphatic rings. The number of para-hydroxylation sites is 1. The molecule has 8 aromatic rings. The average Bonchev–Trinajstić information content (AvgIpc) is 3.39. The Bertz CT molecular complexity index is 2780. The first-order valence-corrected chi connectivity index (χ1v) is 17.1. The minimum absolute atomic E-state index is 0.0248. The largest absolute Gasteiger partial charge is 0.276 e. The molecule has 0 bridgehead atoms. The van der Waals surface area contributed by atoms with E-state index in [9.17, 15) is 4.79 Å². The standard InChI is InChI=1S/C48H35NO/c1-5-33-34(6-2)46(31-24-26-37-36-19-14-15-23-42(36)48(3,4)43(37)29-31)39-21-12-11-20-38(39)45(33)30-25-27-44-41(28-30)35-18-10-13-22-40(35)47(50)49(44)32-16-8-7-9-17-32/h5-29H,1-2H2,3-4H3. The van der Waals surface area contributed by atoms with Crippen LogP contribution in [0, 0.1) is 0 Å². The quantitative estimate of drug-likeness (QED) is 0.171. The second-order valence-electron chi connectivity index (χ2n) is 13.7. The molecule has 0 atom stereocenters. The highest BCUT2D eigenvalue weighted by molar-refractivity contribution is 6.14. The van der Waals surface area contributed by atoms with Crippen molar-refractivity contribution in [3.63, 3.8) is 0 Å². The number of nitrogens with zero attached hydrogens (tertiary/aromatic N) is 1. The molecule has 7 aromatic carbocycles. The molecule has 0 N–H and O–H groups in total. The summed E-state index contributed by atoms with van der Waals surface area (Å²) in [6.45, 7) is 13.4. The summed E-state index contributed by atoms with van der Waals surface area (Å²) in [4.78, 5) is 13.9. The van der Waals surface area contributed by atoms with Gasteiger partial charge in [0.1, 0.15) is 0 Å². The zero-order valence-corrected chi connectivity index (χ0v) is 28.2. The van der Waals surface area contributed by atoms with Crippen molar-refractivity contribution in [2.24, 2.45) is 0 Å². The number of benzene rings is 7. The Morgan fingerprint density at radius 1 is 0.520 bits per heavy atom. The molecule has 2 heteroatoms. The van der Waals surface area contributed by atoms with Crippen molar-refractivity contribution in [2.75, 3.05) is 0 Å². The molecule has 0 unspecified atom stereocenters. The number of hydrogen-bond acceptors (Lipinski definition) is 1. The Hall–Kier alpha value is -6.25. The third kappa shape index (κ3) is 4.18. The van der Waals surface area contributed by atoms with Crippen LogP contribution in [0.4, 0.5) is 0 Å². The van der Waals surface area contributed by atoms with E-state index in [-0.39, 0.29) is 11.0 Å². The number of hydrogen-bond donors (Lipinski definition) is 0. The molecule has 0 radical (unpaired) electrons. The van der Waals surface area contributed by atoms with E-state index < -0.39 is 0 Å². The van der Waals surface area contributed by atoms with E-state index in [1.165, 1.54) is 27.8 Å². The van der Waals surface area contributed by atoms with Crippen LogP contribution in [-0.4, -0.2) is 4.57 Å². The van der Waals surface area contributed by atoms with E-state index in [1.807, 2.05) is 65.3 Å². The summed E-state index contributed by atoms with van der Waals surface area (Å²) in [7, 11) is 0. The highest BCUT2D eigenvalue weighted by atomic mass is 16.1. The SMILES string of the molecule is C=Cc1c(C=C)c(-c2ccc3c(c2)c2ccccc2c(=O)n3-c2ccccc2)c2ccccc2c1-c1ccc2c(c1)C(C)(C)c1ccccc1-2. The van der Waals surface area contributed by atoms with Crippen LogP contribution in [0.25, 0.3) is 83.7 Å². The second-order valence-corrected chi connectivity index (χ2v) is 13.7. The summed E-state index contributed by atoms with van der Waals surface area (Å²) < 4.78 is 1.83. The molecule has 1 aromatic heterocycles. The van der Waals surface area contributed by atoms with Gasteiger partial charge < -0.3 is 0 Å². The molecule has 50 heavy (non-hydrogen) atoms. The van der Waals surface area contributed by atoms with Crippen LogP contribution in [0.5, 0.6) is 0 Å². The first-order chi connectivity index (χ1) is 24.4. The minimum atomic E-state index is -0.109. The predicted octanol–water partition coefficient (Wildman–Crippen LogP) is 12.2. The van der Waals surface area contributed by atoms with Crippen molar-refractivity contribution in [3.8, 4) is 39.1 Å². The Kier molecular flexibility index (Phi) is 6.66. The predicted molar refractivity (Wildman–Crippen MR) is 213 cm³/mol. The van der Waals surface area contributed by atoms with Gasteiger partial charge >= 0.3 is 0 Å². The fraction of sp³-hybridized carbons (Fsp3) is 0.0625. The summed E-state index contributed by atoms with van der Waals surface area (Å²) in [5.41, 5.74) is 13.5. The summed E-state index contributed by atoms with van der Waals surface area (Å²) in [6, 6.07) is 48.7. The van der Waals surface area contributed by atoms with E-state index >= 15 is 0 Å². The van der Waals surface area contributed by atoms with Crippen molar-refractivity contribution in [1.29, 1.82) is 0 Å². The number of aromatic nitrogens is 1. The molecule has 0 saturated heterocycles. The van der Waals surface area contributed by atoms with Crippen LogP contribution in [0.1, 0.15) is 36.1 Å². The molecule has 238 valence electrons. The molecule has 9 rings (SSSR count). The Morgan fingerprint density at radius 3 is 1.74 bits per heavy atom. The highest BCUT2D eigenvalue weighted by Crippen LogP contribution is 2.51. The van der Waals surface area contributed by atoms with Crippen LogP contribution in [0.2, 0.25) is 0 Å². The van der Waals surface area contributed by atoms with Gasteiger partial charge in [-0.15, -0.1) is 0 Å². The van der Waals surface area contributed by atoms with Crippen LogP contribution in [0.15, 0.2) is 157 Å². The maximum atomic E-state index is 13.9. The van der Waals surface area contributed by atoms with Gasteiger partial charge in [0.05, 0.1) is 5.52 Å². The first-order valence-electron chi connectivity index (χ1n) is 17.1. The summed E-state index contributed by atoms with van der Waals surface area (Å²) in [5, 5.41) is 4.96. The third-order valence-corrected chi connectivity index (χ3v) is 10.8. The number of fused-ring (bicyclic) bond motifs is 7. The lowest BCUT2D eigenvalue weighted by Gasteiger charge is -2.24. The fourth-order valence-corrected chi connectivity index (χ4v) is 8.45. The van der Waals surface area contributed by atoms with Gasteiger partial charge in [0.2, 0.25) is 0 Å². The van der Waals surface area contributed by atoms with E-state index in [4.69, 9.17) is 0 Å². The smallest absolute Gasteiger partial charge is 0.263 e. The summed E-state index contributed by atoms with van der Waals surface area (Å²) in [5.74, 6) is 0. The maximum absolute atomic E-state index is 13.9. The molecule has 0 saturated carbocycles. The topological polar surface area (TPSA) is 22.0 Å². The normalized spacial score (nSPS) is 13.0. The van der Waals surface area contributed by atoms with E-state index in [2.05, 4.69) is 118 Å². The van der Waals surface area contributed by atoms with Gasteiger partial charge in [0, 0.05) is 21.9 Å². The molecular weight excluding hydrogens is 607 g/mol. The van der Waals surface area contributed by atoms with Gasteiger partial charge in [0.15, 0.2) is 0 Å². The summed E-state index contributed by atoms with van der Waals surface area (Å²) >= 11 is 0. The third-order valence-electron chi connectivity index (χ3n) is 10.8. The van der Waals surface area contributed by atoms with Crippen molar-refractivity contribution >= 4 is 44.6 Å². The van der Waals surface area contributed by atoms with Gasteiger partial charge in [-0.3, -0.25) is 9.36 Å². The lowest BCUT2D eigenvalue weighted by molar-refractivity contribution is 0.660. The molecular formula is C48H35NO. The van der Waals surface area contributed by atoms with E-state index in [1.54, 1.807) is 0 Å². The first kappa shape index (κ1) is 29.9. The van der Waals surface area contributed by atoms with E-state index in [0.717, 1.165) is 60.6 Å². The molecule has 0 fully saturated rings. The van der Waals surface area contributed by atoms with Gasteiger partial charge in [-0.25, -0.2) is 0 Å². The molecule has 0 spiro atoms. The zero-order valence-electron chi connectivity index (χ0n) is 28.2. The monoisotopic (exact) mass is 641 g/mol. The van der Waals surface area contributed by atoms with Crippen LogP contribution in [-0.2, 0) is 5.41 Å². The maximum Gasteiger partial charge on any atom is 0.263 e. The lowest BCUT2D eigenvalue weighted by Crippen LogP contribution is -2.19. The van der Waals surface area contributed by atoms with Gasteiger partial charge in [-0.05, 0) is 108 Å². The van der Waals surface area contributed by atoms with Crippen LogP contribution < -0.4 is 5.56 Å². The van der Waals surface area contributed by atoms with Crippen LogP contribution in [0.3, 0.4) is 0 Å². The second kappa shape index (κ2) is 11.1. The number of pyridine rings is 1. The van der Waals surface area contributed by atoms with Gasteiger partial charge in [0.25, 0.3) is 5.56 Å². The average molecular weight is 642 g/mol. The van der Waals surface area contributed by atoms with Crippen molar-refractivity contribution in [2.45, 2.75) is 19.3 Å².